The summed E-state index contributed by atoms with van der Waals surface area (Å²) >= 11 is 5.93. The third kappa shape index (κ3) is 5.65. The number of carbonyl (C=O) groups is 2. The van der Waals surface area contributed by atoms with Crippen molar-refractivity contribution in [2.75, 3.05) is 5.32 Å². The van der Waals surface area contributed by atoms with Crippen molar-refractivity contribution in [3.8, 4) is 0 Å². The zero-order valence-electron chi connectivity index (χ0n) is 16.3. The van der Waals surface area contributed by atoms with E-state index in [9.17, 15) is 9.59 Å². The molecule has 0 aromatic heterocycles. The highest BCUT2D eigenvalue weighted by atomic mass is 35.5. The van der Waals surface area contributed by atoms with Crippen molar-refractivity contribution in [2.24, 2.45) is 5.10 Å². The van der Waals surface area contributed by atoms with E-state index < -0.39 is 0 Å². The second-order valence-electron chi connectivity index (χ2n) is 6.88. The van der Waals surface area contributed by atoms with Crippen LogP contribution in [0.15, 0.2) is 65.8 Å². The molecule has 5 nitrogen and oxygen atoms in total. The summed E-state index contributed by atoms with van der Waals surface area (Å²) in [5.74, 6) is -0.436. The number of amides is 2. The van der Waals surface area contributed by atoms with Crippen LogP contribution in [0.4, 0.5) is 5.69 Å². The van der Waals surface area contributed by atoms with Crippen LogP contribution < -0.4 is 10.7 Å². The Morgan fingerprint density at radius 3 is 2.55 bits per heavy atom. The summed E-state index contributed by atoms with van der Waals surface area (Å²) in [6.07, 6.45) is 0.297. The number of fused-ring (bicyclic) bond motifs is 1. The van der Waals surface area contributed by atoms with Crippen LogP contribution in [0.5, 0.6) is 0 Å². The average molecular weight is 408 g/mol. The second-order valence-corrected chi connectivity index (χ2v) is 7.32. The van der Waals surface area contributed by atoms with Crippen molar-refractivity contribution in [1.82, 2.24) is 5.43 Å². The number of aryl methyl sites for hydroxylation is 1. The maximum absolute atomic E-state index is 12.3. The number of hydrazone groups is 1. The highest BCUT2D eigenvalue weighted by Gasteiger charge is 2.09. The fourth-order valence-corrected chi connectivity index (χ4v) is 3.28. The molecule has 0 fully saturated rings. The van der Waals surface area contributed by atoms with Crippen LogP contribution in [0, 0.1) is 6.92 Å². The molecule has 2 N–H and O–H groups in total. The summed E-state index contributed by atoms with van der Waals surface area (Å²) in [5, 5.41) is 9.63. The van der Waals surface area contributed by atoms with Crippen molar-refractivity contribution in [1.29, 1.82) is 0 Å². The Morgan fingerprint density at radius 2 is 1.76 bits per heavy atom. The molecule has 0 aliphatic carbocycles. The summed E-state index contributed by atoms with van der Waals surface area (Å²) in [7, 11) is 0. The average Bonchev–Trinajstić information content (AvgIpc) is 2.69. The number of anilines is 1. The first-order chi connectivity index (χ1) is 13.9. The van der Waals surface area contributed by atoms with Crippen LogP contribution in [0.1, 0.15) is 24.5 Å². The zero-order valence-corrected chi connectivity index (χ0v) is 17.1. The molecule has 3 aromatic rings. The van der Waals surface area contributed by atoms with Crippen molar-refractivity contribution in [3.63, 3.8) is 0 Å². The van der Waals surface area contributed by atoms with E-state index >= 15 is 0 Å². The molecule has 0 saturated heterocycles. The lowest BCUT2D eigenvalue weighted by molar-refractivity contribution is -0.120. The van der Waals surface area contributed by atoms with Gasteiger partial charge in [0.05, 0.1) is 12.8 Å². The Bertz CT molecular complexity index is 1090. The predicted molar refractivity (Wildman–Crippen MR) is 118 cm³/mol. The Balaban J connectivity index is 1.56. The Hall–Kier alpha value is -3.18. The monoisotopic (exact) mass is 407 g/mol. The van der Waals surface area contributed by atoms with Gasteiger partial charge < -0.3 is 5.32 Å². The Kier molecular flexibility index (Phi) is 6.62. The van der Waals surface area contributed by atoms with E-state index in [4.69, 9.17) is 11.6 Å². The minimum absolute atomic E-state index is 0.0800. The lowest BCUT2D eigenvalue weighted by atomic mass is 10.0. The van der Waals surface area contributed by atoms with E-state index in [2.05, 4.69) is 15.8 Å². The maximum atomic E-state index is 12.3. The first kappa shape index (κ1) is 20.6. The third-order valence-electron chi connectivity index (χ3n) is 4.48. The number of halogens is 1. The SMILES string of the molecule is CC(CC(=O)Nc1ccc(Cl)cc1C)=NNC(=O)Cc1cccc2ccccc12. The summed E-state index contributed by atoms with van der Waals surface area (Å²) in [5.41, 5.74) is 5.56. The van der Waals surface area contributed by atoms with Gasteiger partial charge in [-0.3, -0.25) is 9.59 Å². The number of rotatable bonds is 6. The van der Waals surface area contributed by atoms with Crippen molar-refractivity contribution >= 4 is 45.6 Å². The number of carbonyl (C=O) groups excluding carboxylic acids is 2. The summed E-state index contributed by atoms with van der Waals surface area (Å²) < 4.78 is 0. The molecule has 0 unspecified atom stereocenters. The van der Waals surface area contributed by atoms with E-state index in [1.807, 2.05) is 49.4 Å². The molecule has 0 aliphatic heterocycles. The fraction of sp³-hybridized carbons (Fsp3) is 0.174. The van der Waals surface area contributed by atoms with Crippen molar-refractivity contribution in [3.05, 3.63) is 76.8 Å². The molecule has 29 heavy (non-hydrogen) atoms. The number of hydrogen-bond donors (Lipinski definition) is 2. The van der Waals surface area contributed by atoms with Crippen molar-refractivity contribution in [2.45, 2.75) is 26.7 Å². The van der Waals surface area contributed by atoms with Gasteiger partial charge in [-0.15, -0.1) is 0 Å². The molecule has 0 aliphatic rings. The fourth-order valence-electron chi connectivity index (χ4n) is 3.05. The minimum atomic E-state index is -0.227. The van der Waals surface area contributed by atoms with Gasteiger partial charge in [0.2, 0.25) is 11.8 Å². The van der Waals surface area contributed by atoms with Gasteiger partial charge in [0.25, 0.3) is 0 Å². The molecule has 0 atom stereocenters. The number of hydrogen-bond acceptors (Lipinski definition) is 3. The number of nitrogens with one attached hydrogen (secondary N) is 2. The zero-order chi connectivity index (χ0) is 20.8. The molecule has 0 spiro atoms. The van der Waals surface area contributed by atoms with Gasteiger partial charge in [-0.05, 0) is 53.9 Å². The van der Waals surface area contributed by atoms with Gasteiger partial charge in [-0.1, -0.05) is 54.1 Å². The van der Waals surface area contributed by atoms with Gasteiger partial charge in [-0.25, -0.2) is 5.43 Å². The normalized spacial score (nSPS) is 11.3. The van der Waals surface area contributed by atoms with Crippen LogP contribution in [-0.2, 0) is 16.0 Å². The van der Waals surface area contributed by atoms with E-state index in [1.54, 1.807) is 25.1 Å². The third-order valence-corrected chi connectivity index (χ3v) is 4.72. The molecule has 0 saturated carbocycles. The van der Waals surface area contributed by atoms with E-state index in [-0.39, 0.29) is 24.7 Å². The van der Waals surface area contributed by atoms with Gasteiger partial charge in [0, 0.05) is 16.4 Å². The van der Waals surface area contributed by atoms with Gasteiger partial charge in [-0.2, -0.15) is 5.10 Å². The molecular formula is C23H22ClN3O2. The van der Waals surface area contributed by atoms with Gasteiger partial charge >= 0.3 is 0 Å². The first-order valence-corrected chi connectivity index (χ1v) is 9.65. The van der Waals surface area contributed by atoms with E-state index in [1.165, 1.54) is 0 Å². The van der Waals surface area contributed by atoms with Crippen LogP contribution in [-0.4, -0.2) is 17.5 Å². The lowest BCUT2D eigenvalue weighted by Crippen LogP contribution is -2.23. The highest BCUT2D eigenvalue weighted by Crippen LogP contribution is 2.20. The molecule has 0 radical (unpaired) electrons. The predicted octanol–water partition coefficient (Wildman–Crippen LogP) is 4.87. The smallest absolute Gasteiger partial charge is 0.244 e. The molecule has 3 aromatic carbocycles. The summed E-state index contributed by atoms with van der Waals surface area (Å²) in [6, 6.07) is 19.1. The van der Waals surface area contributed by atoms with E-state index in [0.29, 0.717) is 16.4 Å². The highest BCUT2D eigenvalue weighted by molar-refractivity contribution is 6.30. The van der Waals surface area contributed by atoms with Crippen LogP contribution in [0.2, 0.25) is 5.02 Å². The largest absolute Gasteiger partial charge is 0.326 e. The first-order valence-electron chi connectivity index (χ1n) is 9.27. The molecule has 3 rings (SSSR count). The Labute approximate surface area is 174 Å². The summed E-state index contributed by atoms with van der Waals surface area (Å²) in [6.45, 7) is 3.57. The van der Waals surface area contributed by atoms with Gasteiger partial charge in [0.15, 0.2) is 0 Å². The lowest BCUT2D eigenvalue weighted by Gasteiger charge is -2.09. The molecule has 0 heterocycles. The van der Waals surface area contributed by atoms with Crippen LogP contribution in [0.25, 0.3) is 10.8 Å². The molecule has 148 valence electrons. The van der Waals surface area contributed by atoms with Crippen LogP contribution in [0.3, 0.4) is 0 Å². The maximum Gasteiger partial charge on any atom is 0.244 e. The molecular weight excluding hydrogens is 386 g/mol. The molecule has 0 bridgehead atoms. The van der Waals surface area contributed by atoms with E-state index in [0.717, 1.165) is 21.9 Å². The minimum Gasteiger partial charge on any atom is -0.326 e. The molecule has 6 heteroatoms. The number of nitrogens with zero attached hydrogens (tertiary/aromatic N) is 1. The van der Waals surface area contributed by atoms with Crippen LogP contribution >= 0.6 is 11.6 Å². The standard InChI is InChI=1S/C23H22ClN3O2/c1-15-12-19(24)10-11-21(15)25-22(28)13-16(2)26-27-23(29)14-18-8-5-7-17-6-3-4-9-20(17)18/h3-12H,13-14H2,1-2H3,(H,25,28)(H,27,29). The summed E-state index contributed by atoms with van der Waals surface area (Å²) in [4.78, 5) is 24.5. The topological polar surface area (TPSA) is 70.6 Å². The molecule has 2 amide bonds. The second kappa shape index (κ2) is 9.34. The van der Waals surface area contributed by atoms with Gasteiger partial charge in [0.1, 0.15) is 0 Å². The number of benzene rings is 3. The Morgan fingerprint density at radius 1 is 1.00 bits per heavy atom. The van der Waals surface area contributed by atoms with Crippen molar-refractivity contribution < 1.29 is 9.59 Å². The quantitative estimate of drug-likeness (QED) is 0.452.